The Kier molecular flexibility index (Phi) is 8.16. The van der Waals surface area contributed by atoms with Gasteiger partial charge in [0.1, 0.15) is 0 Å². The predicted octanol–water partition coefficient (Wildman–Crippen LogP) is 5.48. The van der Waals surface area contributed by atoms with Crippen molar-refractivity contribution in [2.45, 2.75) is 102 Å². The monoisotopic (exact) mass is 422 g/mol. The molecule has 4 rings (SSSR count). The third-order valence-corrected chi connectivity index (χ3v) is 9.40. The molecule has 6 atom stereocenters. The molecule has 0 bridgehead atoms. The second kappa shape index (κ2) is 10.6. The van der Waals surface area contributed by atoms with Gasteiger partial charge in [-0.2, -0.15) is 0 Å². The van der Waals surface area contributed by atoms with Crippen molar-refractivity contribution in [1.29, 1.82) is 0 Å². The summed E-state index contributed by atoms with van der Waals surface area (Å²) in [7, 11) is 3.79. The van der Waals surface area contributed by atoms with Gasteiger partial charge in [-0.05, 0) is 87.9 Å². The normalized spacial score (nSPS) is 44.0. The molecule has 0 amide bonds. The van der Waals surface area contributed by atoms with Crippen LogP contribution in [-0.2, 0) is 18.9 Å². The fourth-order valence-electron chi connectivity index (χ4n) is 7.19. The Morgan fingerprint density at radius 3 is 1.23 bits per heavy atom. The van der Waals surface area contributed by atoms with E-state index in [1.54, 1.807) is 0 Å². The molecule has 2 heterocycles. The molecule has 4 fully saturated rings. The number of rotatable bonds is 9. The van der Waals surface area contributed by atoms with Gasteiger partial charge in [0.2, 0.25) is 0 Å². The van der Waals surface area contributed by atoms with Crippen LogP contribution in [0.5, 0.6) is 0 Å². The lowest BCUT2D eigenvalue weighted by molar-refractivity contribution is -0.194. The minimum absolute atomic E-state index is 0.317. The highest BCUT2D eigenvalue weighted by atomic mass is 16.6. The van der Waals surface area contributed by atoms with E-state index >= 15 is 0 Å². The summed E-state index contributed by atoms with van der Waals surface area (Å²) in [5, 5.41) is 0. The third kappa shape index (κ3) is 4.63. The van der Waals surface area contributed by atoms with Crippen molar-refractivity contribution >= 4 is 0 Å². The molecule has 6 unspecified atom stereocenters. The van der Waals surface area contributed by atoms with E-state index in [9.17, 15) is 0 Å². The van der Waals surface area contributed by atoms with Crippen molar-refractivity contribution in [2.75, 3.05) is 27.4 Å². The SMILES string of the molecule is CCC1COC1C(OC)C1CCC(C2CCC(C(OC)C3OCC3CC)CC2)CC1. The molecule has 0 N–H and O–H groups in total. The summed E-state index contributed by atoms with van der Waals surface area (Å²) < 4.78 is 23.8. The Hall–Kier alpha value is -0.160. The van der Waals surface area contributed by atoms with Crippen molar-refractivity contribution in [3.8, 4) is 0 Å². The molecule has 30 heavy (non-hydrogen) atoms. The zero-order valence-corrected chi connectivity index (χ0v) is 19.9. The maximum atomic E-state index is 5.96. The zero-order chi connectivity index (χ0) is 21.1. The van der Waals surface area contributed by atoms with Gasteiger partial charge in [-0.1, -0.05) is 13.8 Å². The quantitative estimate of drug-likeness (QED) is 0.493. The van der Waals surface area contributed by atoms with E-state index in [0.717, 1.165) is 25.0 Å². The summed E-state index contributed by atoms with van der Waals surface area (Å²) >= 11 is 0. The molecular formula is C26H46O4. The van der Waals surface area contributed by atoms with Crippen LogP contribution >= 0.6 is 0 Å². The first-order valence-electron chi connectivity index (χ1n) is 13.0. The topological polar surface area (TPSA) is 36.9 Å². The molecular weight excluding hydrogens is 376 g/mol. The van der Waals surface area contributed by atoms with Crippen LogP contribution in [0.2, 0.25) is 0 Å². The van der Waals surface area contributed by atoms with Crippen molar-refractivity contribution in [3.05, 3.63) is 0 Å². The van der Waals surface area contributed by atoms with E-state index < -0.39 is 0 Å². The van der Waals surface area contributed by atoms with Crippen molar-refractivity contribution < 1.29 is 18.9 Å². The maximum Gasteiger partial charge on any atom is 0.0889 e. The average Bonchev–Trinajstić information content (AvgIpc) is 2.75. The van der Waals surface area contributed by atoms with E-state index in [2.05, 4.69) is 13.8 Å². The van der Waals surface area contributed by atoms with Crippen molar-refractivity contribution in [2.24, 2.45) is 35.5 Å². The van der Waals surface area contributed by atoms with Gasteiger partial charge in [0.15, 0.2) is 0 Å². The first kappa shape index (κ1) is 23.0. The van der Waals surface area contributed by atoms with Crippen molar-refractivity contribution in [1.82, 2.24) is 0 Å². The average molecular weight is 423 g/mol. The summed E-state index contributed by atoms with van der Waals surface area (Å²) in [5.74, 6) is 4.66. The van der Waals surface area contributed by atoms with Crippen LogP contribution in [0.15, 0.2) is 0 Å². The lowest BCUT2D eigenvalue weighted by atomic mass is 9.66. The largest absolute Gasteiger partial charge is 0.378 e. The van der Waals surface area contributed by atoms with Gasteiger partial charge in [0.05, 0.1) is 37.6 Å². The van der Waals surface area contributed by atoms with Crippen LogP contribution in [0.25, 0.3) is 0 Å². The van der Waals surface area contributed by atoms with Gasteiger partial charge >= 0.3 is 0 Å². The van der Waals surface area contributed by atoms with Crippen LogP contribution in [0.1, 0.15) is 78.1 Å². The molecule has 4 heteroatoms. The van der Waals surface area contributed by atoms with E-state index in [-0.39, 0.29) is 0 Å². The van der Waals surface area contributed by atoms with E-state index in [1.165, 1.54) is 64.2 Å². The minimum Gasteiger partial charge on any atom is -0.378 e. The predicted molar refractivity (Wildman–Crippen MR) is 120 cm³/mol. The lowest BCUT2D eigenvalue weighted by Crippen LogP contribution is -2.52. The Morgan fingerprint density at radius 2 is 1.00 bits per heavy atom. The van der Waals surface area contributed by atoms with Gasteiger partial charge in [0, 0.05) is 26.1 Å². The second-order valence-corrected chi connectivity index (χ2v) is 10.7. The minimum atomic E-state index is 0.317. The molecule has 4 aliphatic rings. The standard InChI is InChI=1S/C26H46O4/c1-5-17-15-29-25(17)23(27-3)21-11-7-19(8-12-21)20-9-13-22(14-10-20)24(28-4)26-18(6-2)16-30-26/h17-26H,5-16H2,1-4H3. The Balaban J connectivity index is 1.22. The highest BCUT2D eigenvalue weighted by Crippen LogP contribution is 2.46. The number of hydrogen-bond acceptors (Lipinski definition) is 4. The molecule has 0 aromatic carbocycles. The van der Waals surface area contributed by atoms with E-state index in [0.29, 0.717) is 48.1 Å². The molecule has 174 valence electrons. The van der Waals surface area contributed by atoms with Gasteiger partial charge in [-0.25, -0.2) is 0 Å². The molecule has 0 spiro atoms. The summed E-state index contributed by atoms with van der Waals surface area (Å²) in [6, 6.07) is 0. The second-order valence-electron chi connectivity index (χ2n) is 10.7. The molecule has 2 aliphatic carbocycles. The Bertz CT molecular complexity index is 459. The zero-order valence-electron chi connectivity index (χ0n) is 19.9. The van der Waals surface area contributed by atoms with E-state index in [4.69, 9.17) is 18.9 Å². The Morgan fingerprint density at radius 1 is 0.633 bits per heavy atom. The highest BCUT2D eigenvalue weighted by Gasteiger charge is 2.45. The maximum absolute atomic E-state index is 5.96. The van der Waals surface area contributed by atoms with Gasteiger partial charge in [0.25, 0.3) is 0 Å². The molecule has 2 aliphatic heterocycles. The van der Waals surface area contributed by atoms with Crippen molar-refractivity contribution in [3.63, 3.8) is 0 Å². The lowest BCUT2D eigenvalue weighted by Gasteiger charge is -2.47. The van der Waals surface area contributed by atoms with Gasteiger partial charge in [-0.15, -0.1) is 0 Å². The fourth-order valence-corrected chi connectivity index (χ4v) is 7.19. The summed E-state index contributed by atoms with van der Waals surface area (Å²) in [6.07, 6.45) is 14.6. The van der Waals surface area contributed by atoms with Crippen LogP contribution < -0.4 is 0 Å². The summed E-state index contributed by atoms with van der Waals surface area (Å²) in [6.45, 7) is 6.45. The fraction of sp³-hybridized carbons (Fsp3) is 1.00. The molecule has 2 saturated heterocycles. The molecule has 0 radical (unpaired) electrons. The summed E-state index contributed by atoms with van der Waals surface area (Å²) in [5.41, 5.74) is 0. The third-order valence-electron chi connectivity index (χ3n) is 9.40. The molecule has 0 aromatic rings. The molecule has 2 saturated carbocycles. The van der Waals surface area contributed by atoms with Crippen LogP contribution in [0.3, 0.4) is 0 Å². The Labute approximate surface area is 184 Å². The van der Waals surface area contributed by atoms with Gasteiger partial charge < -0.3 is 18.9 Å². The van der Waals surface area contributed by atoms with Crippen LogP contribution in [-0.4, -0.2) is 51.8 Å². The molecule has 0 aromatic heterocycles. The number of ether oxygens (including phenoxy) is 4. The van der Waals surface area contributed by atoms with Gasteiger partial charge in [-0.3, -0.25) is 0 Å². The number of hydrogen-bond donors (Lipinski definition) is 0. The smallest absolute Gasteiger partial charge is 0.0889 e. The summed E-state index contributed by atoms with van der Waals surface area (Å²) in [4.78, 5) is 0. The highest BCUT2D eigenvalue weighted by molar-refractivity contribution is 4.94. The van der Waals surface area contributed by atoms with Crippen LogP contribution in [0.4, 0.5) is 0 Å². The molecule has 4 nitrogen and oxygen atoms in total. The first-order valence-corrected chi connectivity index (χ1v) is 13.0. The van der Waals surface area contributed by atoms with Crippen LogP contribution in [0, 0.1) is 35.5 Å². The number of methoxy groups -OCH3 is 2. The van der Waals surface area contributed by atoms with E-state index in [1.807, 2.05) is 14.2 Å². The first-order chi connectivity index (χ1) is 14.7.